The Balaban J connectivity index is 1.92. The minimum Gasteiger partial charge on any atom is -0.297 e. The van der Waals surface area contributed by atoms with Crippen molar-refractivity contribution in [2.45, 2.75) is 12.5 Å². The van der Waals surface area contributed by atoms with E-state index in [1.54, 1.807) is 0 Å². The van der Waals surface area contributed by atoms with E-state index >= 15 is 0 Å². The van der Waals surface area contributed by atoms with Crippen LogP contribution in [0, 0.1) is 0 Å². The molecule has 0 spiro atoms. The molecule has 0 bridgehead atoms. The highest BCUT2D eigenvalue weighted by Crippen LogP contribution is 2.19. The first-order chi connectivity index (χ1) is 7.78. The fraction of sp³-hybridized carbons (Fsp3) is 1.00. The highest BCUT2D eigenvalue weighted by Gasteiger charge is 2.34. The molecule has 0 aromatic carbocycles. The minimum absolute atomic E-state index is 0.0849. The van der Waals surface area contributed by atoms with Gasteiger partial charge in [0.05, 0.1) is 17.8 Å². The summed E-state index contributed by atoms with van der Waals surface area (Å²) < 4.78 is 46.9. The predicted octanol–water partition coefficient (Wildman–Crippen LogP) is -1.25. The van der Waals surface area contributed by atoms with Crippen LogP contribution in [0.5, 0.6) is 0 Å². The zero-order valence-electron chi connectivity index (χ0n) is 9.87. The van der Waals surface area contributed by atoms with Crippen molar-refractivity contribution in [2.24, 2.45) is 0 Å². The maximum absolute atomic E-state index is 11.4. The van der Waals surface area contributed by atoms with E-state index in [0.29, 0.717) is 32.6 Å². The zero-order valence-corrected chi connectivity index (χ0v) is 11.5. The van der Waals surface area contributed by atoms with Gasteiger partial charge in [-0.15, -0.1) is 0 Å². The van der Waals surface area contributed by atoms with Crippen LogP contribution in [0.3, 0.4) is 0 Å². The summed E-state index contributed by atoms with van der Waals surface area (Å²) >= 11 is 0. The van der Waals surface area contributed by atoms with Crippen molar-refractivity contribution in [2.75, 3.05) is 43.9 Å². The van der Waals surface area contributed by atoms with Gasteiger partial charge in [-0.3, -0.25) is 4.90 Å². The zero-order chi connectivity index (χ0) is 12.7. The highest BCUT2D eigenvalue weighted by molar-refractivity contribution is 7.91. The quantitative estimate of drug-likeness (QED) is 0.633. The summed E-state index contributed by atoms with van der Waals surface area (Å²) in [5.41, 5.74) is 0. The van der Waals surface area contributed by atoms with Crippen molar-refractivity contribution in [3.05, 3.63) is 0 Å². The second-order valence-corrected chi connectivity index (χ2v) is 8.97. The Bertz CT molecular complexity index is 477. The Morgan fingerprint density at radius 1 is 1.12 bits per heavy atom. The molecule has 2 rings (SSSR count). The molecule has 0 aromatic heterocycles. The van der Waals surface area contributed by atoms with Gasteiger partial charge in [0, 0.05) is 32.2 Å². The fourth-order valence-corrected chi connectivity index (χ4v) is 5.05. The van der Waals surface area contributed by atoms with Crippen LogP contribution in [0.15, 0.2) is 0 Å². The van der Waals surface area contributed by atoms with Crippen LogP contribution in [0.25, 0.3) is 0 Å². The predicted molar refractivity (Wildman–Crippen MR) is 65.0 cm³/mol. The van der Waals surface area contributed by atoms with Crippen LogP contribution in [0.1, 0.15) is 6.42 Å². The van der Waals surface area contributed by atoms with E-state index in [-0.39, 0.29) is 17.5 Å². The largest absolute Gasteiger partial charge is 0.297 e. The van der Waals surface area contributed by atoms with Crippen LogP contribution in [0.4, 0.5) is 0 Å². The standard InChI is InChI=1S/C9H18N2O4S2/c1-16(12,13)11-5-3-10(4-6-11)9-2-7-17(14,15)8-9/h9H,2-8H2,1H3. The first kappa shape index (κ1) is 13.3. The molecule has 6 nitrogen and oxygen atoms in total. The third-order valence-corrected chi connectivity index (χ3v) is 6.52. The van der Waals surface area contributed by atoms with Crippen LogP contribution >= 0.6 is 0 Å². The Morgan fingerprint density at radius 2 is 1.71 bits per heavy atom. The average molecular weight is 282 g/mol. The van der Waals surface area contributed by atoms with Gasteiger partial charge in [-0.2, -0.15) is 4.31 Å². The van der Waals surface area contributed by atoms with E-state index < -0.39 is 19.9 Å². The third kappa shape index (κ3) is 3.18. The van der Waals surface area contributed by atoms with Gasteiger partial charge >= 0.3 is 0 Å². The van der Waals surface area contributed by atoms with Crippen LogP contribution in [-0.2, 0) is 19.9 Å². The Kier molecular flexibility index (Phi) is 3.50. The number of sulfone groups is 1. The Hall–Kier alpha value is -0.180. The normalized spacial score (nSPS) is 31.7. The van der Waals surface area contributed by atoms with Gasteiger partial charge in [-0.05, 0) is 6.42 Å². The highest BCUT2D eigenvalue weighted by atomic mass is 32.2. The molecule has 17 heavy (non-hydrogen) atoms. The Labute approximate surface area is 103 Å². The average Bonchev–Trinajstić information content (AvgIpc) is 2.58. The molecular formula is C9H18N2O4S2. The number of piperazine rings is 1. The van der Waals surface area contributed by atoms with E-state index in [1.807, 2.05) is 0 Å². The van der Waals surface area contributed by atoms with Crippen LogP contribution in [-0.4, -0.2) is 76.0 Å². The molecule has 1 atom stereocenters. The SMILES string of the molecule is CS(=O)(=O)N1CCN(C2CCS(=O)(=O)C2)CC1. The van der Waals surface area contributed by atoms with Crippen molar-refractivity contribution >= 4 is 19.9 Å². The lowest BCUT2D eigenvalue weighted by Gasteiger charge is -2.36. The van der Waals surface area contributed by atoms with E-state index in [1.165, 1.54) is 10.6 Å². The number of nitrogens with zero attached hydrogens (tertiary/aromatic N) is 2. The molecule has 2 aliphatic rings. The molecule has 2 aliphatic heterocycles. The summed E-state index contributed by atoms with van der Waals surface area (Å²) in [6, 6.07) is 0.0849. The molecule has 100 valence electrons. The first-order valence-corrected chi connectivity index (χ1v) is 9.34. The van der Waals surface area contributed by atoms with E-state index in [4.69, 9.17) is 0 Å². The van der Waals surface area contributed by atoms with Crippen molar-refractivity contribution in [1.29, 1.82) is 0 Å². The summed E-state index contributed by atoms with van der Waals surface area (Å²) in [5.74, 6) is 0.496. The summed E-state index contributed by atoms with van der Waals surface area (Å²) in [4.78, 5) is 2.10. The van der Waals surface area contributed by atoms with Gasteiger partial charge in [0.2, 0.25) is 10.0 Å². The van der Waals surface area contributed by atoms with Crippen molar-refractivity contribution < 1.29 is 16.8 Å². The molecule has 2 heterocycles. The van der Waals surface area contributed by atoms with Gasteiger partial charge in [0.15, 0.2) is 9.84 Å². The second-order valence-electron chi connectivity index (χ2n) is 4.75. The van der Waals surface area contributed by atoms with E-state index in [2.05, 4.69) is 4.90 Å². The molecule has 2 fully saturated rings. The lowest BCUT2D eigenvalue weighted by molar-refractivity contribution is 0.148. The molecule has 0 N–H and O–H groups in total. The maximum atomic E-state index is 11.4. The van der Waals surface area contributed by atoms with Gasteiger partial charge in [-0.25, -0.2) is 16.8 Å². The van der Waals surface area contributed by atoms with Gasteiger partial charge in [0.25, 0.3) is 0 Å². The molecule has 1 unspecified atom stereocenters. The number of hydrogen-bond acceptors (Lipinski definition) is 5. The van der Waals surface area contributed by atoms with Crippen LogP contribution < -0.4 is 0 Å². The topological polar surface area (TPSA) is 74.8 Å². The molecule has 0 saturated carbocycles. The molecule has 0 radical (unpaired) electrons. The number of rotatable bonds is 2. The number of hydrogen-bond donors (Lipinski definition) is 0. The summed E-state index contributed by atoms with van der Waals surface area (Å²) in [6.45, 7) is 2.20. The summed E-state index contributed by atoms with van der Waals surface area (Å²) in [5, 5.41) is 0. The molecule has 0 aliphatic carbocycles. The molecule has 0 amide bonds. The molecule has 8 heteroatoms. The molecule has 2 saturated heterocycles. The van der Waals surface area contributed by atoms with Gasteiger partial charge in [0.1, 0.15) is 0 Å². The summed E-state index contributed by atoms with van der Waals surface area (Å²) in [7, 11) is -5.97. The maximum Gasteiger partial charge on any atom is 0.211 e. The lowest BCUT2D eigenvalue weighted by Crippen LogP contribution is -2.51. The molecule has 0 aromatic rings. The second kappa shape index (κ2) is 4.49. The fourth-order valence-electron chi connectivity index (χ4n) is 2.46. The lowest BCUT2D eigenvalue weighted by atomic mass is 10.2. The van der Waals surface area contributed by atoms with Crippen LogP contribution in [0.2, 0.25) is 0 Å². The minimum atomic E-state index is -3.11. The van der Waals surface area contributed by atoms with Crippen molar-refractivity contribution in [3.63, 3.8) is 0 Å². The third-order valence-electron chi connectivity index (χ3n) is 3.47. The number of sulfonamides is 1. The van der Waals surface area contributed by atoms with Crippen molar-refractivity contribution in [1.82, 2.24) is 9.21 Å². The Morgan fingerprint density at radius 3 is 2.12 bits per heavy atom. The summed E-state index contributed by atoms with van der Waals surface area (Å²) in [6.07, 6.45) is 1.89. The van der Waals surface area contributed by atoms with Gasteiger partial charge < -0.3 is 0 Å². The van der Waals surface area contributed by atoms with E-state index in [0.717, 1.165) is 0 Å². The van der Waals surface area contributed by atoms with Crippen molar-refractivity contribution in [3.8, 4) is 0 Å². The smallest absolute Gasteiger partial charge is 0.211 e. The van der Waals surface area contributed by atoms with Gasteiger partial charge in [-0.1, -0.05) is 0 Å². The first-order valence-electron chi connectivity index (χ1n) is 5.67. The monoisotopic (exact) mass is 282 g/mol. The van der Waals surface area contributed by atoms with E-state index in [9.17, 15) is 16.8 Å². The molecular weight excluding hydrogens is 264 g/mol.